The molecule has 2 aliphatic heterocycles. The van der Waals surface area contributed by atoms with Crippen molar-refractivity contribution in [2.45, 2.75) is 134 Å². The highest BCUT2D eigenvalue weighted by atomic mass is 15.2. The van der Waals surface area contributed by atoms with Gasteiger partial charge in [0.05, 0.1) is 11.9 Å². The van der Waals surface area contributed by atoms with Crippen LogP contribution >= 0.6 is 0 Å². The van der Waals surface area contributed by atoms with E-state index >= 15 is 0 Å². The van der Waals surface area contributed by atoms with Crippen LogP contribution in [0.4, 0.5) is 34.1 Å². The van der Waals surface area contributed by atoms with Crippen molar-refractivity contribution in [2.75, 3.05) is 9.80 Å². The second-order valence-corrected chi connectivity index (χ2v) is 24.8. The molecule has 0 spiro atoms. The summed E-state index contributed by atoms with van der Waals surface area (Å²) < 4.78 is 0. The Bertz CT molecular complexity index is 2700. The highest BCUT2D eigenvalue weighted by Gasteiger charge is 2.68. The topological polar surface area (TPSA) is 19.4 Å². The Morgan fingerprint density at radius 1 is 0.508 bits per heavy atom. The molecule has 0 unspecified atom stereocenters. The van der Waals surface area contributed by atoms with E-state index in [-0.39, 0.29) is 33.8 Å². The molecule has 7 saturated carbocycles. The zero-order chi connectivity index (χ0) is 41.3. The summed E-state index contributed by atoms with van der Waals surface area (Å²) in [6, 6.07) is 32.2. The van der Waals surface area contributed by atoms with Gasteiger partial charge in [-0.25, -0.2) is 0 Å². The molecule has 1 aromatic heterocycles. The predicted octanol–water partition coefficient (Wildman–Crippen LogP) is 12.0. The molecule has 3 nitrogen and oxygen atoms in total. The molecule has 4 heteroatoms. The third-order valence-electron chi connectivity index (χ3n) is 19.6. The van der Waals surface area contributed by atoms with Gasteiger partial charge in [0.2, 0.25) is 0 Å². The Morgan fingerprint density at radius 3 is 1.69 bits per heavy atom. The number of benzene rings is 4. The molecular formula is C57H62BN3. The molecule has 0 radical (unpaired) electrons. The predicted molar refractivity (Wildman–Crippen MR) is 253 cm³/mol. The van der Waals surface area contributed by atoms with E-state index in [0.717, 1.165) is 47.8 Å². The SMILES string of the molecule is CC1(C)CC(C)(C)c2cc(N3c4cc5c(cc4B4c6ccncc6N(c6ccccc6)c6cc([C@]78CC9C%10CC%11C[C@@H]9C(C7)[C@@H](C%11)C%10C8)cc3c64)C(C)(C)CC5(C)C)ccc21. The molecule has 0 amide bonds. The molecule has 11 aliphatic rings. The highest BCUT2D eigenvalue weighted by Crippen LogP contribution is 2.74. The van der Waals surface area contributed by atoms with Gasteiger partial charge >= 0.3 is 0 Å². The van der Waals surface area contributed by atoms with Crippen molar-refractivity contribution in [1.82, 2.24) is 4.98 Å². The Kier molecular flexibility index (Phi) is 6.68. The maximum Gasteiger partial charge on any atom is 0.252 e. The molecule has 8 bridgehead atoms. The monoisotopic (exact) mass is 800 g/mol. The number of anilines is 6. The van der Waals surface area contributed by atoms with E-state index < -0.39 is 0 Å². The molecule has 0 atom stereocenters. The highest BCUT2D eigenvalue weighted by molar-refractivity contribution is 7.00. The van der Waals surface area contributed by atoms with Crippen LogP contribution in [-0.2, 0) is 27.1 Å². The van der Waals surface area contributed by atoms with Crippen molar-refractivity contribution >= 4 is 57.2 Å². The molecule has 4 aromatic carbocycles. The Labute approximate surface area is 364 Å². The third kappa shape index (κ3) is 4.51. The van der Waals surface area contributed by atoms with Crippen LogP contribution in [0.3, 0.4) is 0 Å². The maximum absolute atomic E-state index is 4.90. The van der Waals surface area contributed by atoms with Crippen molar-refractivity contribution in [3.63, 3.8) is 0 Å². The minimum atomic E-state index is 0.0903. The van der Waals surface area contributed by atoms with E-state index in [1.165, 1.54) is 118 Å². The van der Waals surface area contributed by atoms with Crippen LogP contribution in [0.1, 0.15) is 135 Å². The minimum Gasteiger partial charge on any atom is -0.311 e. The number of hydrogen-bond acceptors (Lipinski definition) is 3. The van der Waals surface area contributed by atoms with Crippen LogP contribution in [0.2, 0.25) is 0 Å². The Balaban J connectivity index is 1.08. The quantitative estimate of drug-likeness (QED) is 0.166. The number of fused-ring (bicyclic) bond motifs is 6. The van der Waals surface area contributed by atoms with Gasteiger partial charge in [0.25, 0.3) is 6.71 Å². The standard InChI is InChI=1S/C57H62BN3/c1-53(2)30-54(3,4)43-23-35(14-15-42(43)53)61-48-25-45-44(55(5,6)31-56(45,7)8)24-47(48)58-46-16-17-59-29-51(46)60(34-12-10-9-11-13-34)49-21-33(22-50(61)52(49)58)57-26-39-36-18-32-19-37(39)41(28-57)38(20-32)40(36)27-57/h9-17,21-25,29,32,36-41H,18-20,26-28,30-31H2,1-8H3/t32?,36-,37-,38?,39?,40?,41?,57-/m1/s1. The first kappa shape index (κ1) is 36.2. The number of hydrogen-bond donors (Lipinski definition) is 0. The van der Waals surface area contributed by atoms with Gasteiger partial charge in [0, 0.05) is 34.6 Å². The van der Waals surface area contributed by atoms with E-state index in [9.17, 15) is 0 Å². The summed E-state index contributed by atoms with van der Waals surface area (Å²) in [6.07, 6.45) is 15.3. The summed E-state index contributed by atoms with van der Waals surface area (Å²) in [4.78, 5) is 10.3. The molecule has 5 aromatic rings. The van der Waals surface area contributed by atoms with Gasteiger partial charge in [0.1, 0.15) is 0 Å². The van der Waals surface area contributed by atoms with E-state index in [0.29, 0.717) is 0 Å². The summed E-state index contributed by atoms with van der Waals surface area (Å²) in [5, 5.41) is 0. The first-order chi connectivity index (χ1) is 29.1. The molecule has 61 heavy (non-hydrogen) atoms. The second-order valence-electron chi connectivity index (χ2n) is 24.8. The molecule has 0 saturated heterocycles. The van der Waals surface area contributed by atoms with Crippen molar-refractivity contribution in [3.05, 3.63) is 119 Å². The second kappa shape index (κ2) is 11.3. The normalized spacial score (nSPS) is 33.4. The van der Waals surface area contributed by atoms with E-state index in [4.69, 9.17) is 4.98 Å². The van der Waals surface area contributed by atoms with Crippen LogP contribution in [0.15, 0.2) is 91.3 Å². The van der Waals surface area contributed by atoms with Crippen LogP contribution in [0.5, 0.6) is 0 Å². The molecule has 308 valence electrons. The lowest BCUT2D eigenvalue weighted by molar-refractivity contribution is -0.212. The molecule has 3 heterocycles. The largest absolute Gasteiger partial charge is 0.311 e. The molecule has 9 aliphatic carbocycles. The number of pyridine rings is 1. The van der Waals surface area contributed by atoms with Gasteiger partial charge in [-0.2, -0.15) is 0 Å². The van der Waals surface area contributed by atoms with Crippen molar-refractivity contribution in [1.29, 1.82) is 0 Å². The van der Waals surface area contributed by atoms with Crippen LogP contribution in [0.25, 0.3) is 0 Å². The fraction of sp³-hybridized carbons (Fsp3) is 0.491. The molecular weight excluding hydrogens is 737 g/mol. The lowest BCUT2D eigenvalue weighted by Crippen LogP contribution is -2.66. The van der Waals surface area contributed by atoms with Gasteiger partial charge in [-0.05, 0) is 213 Å². The van der Waals surface area contributed by atoms with E-state index in [1.807, 2.05) is 0 Å². The first-order valence-corrected chi connectivity index (χ1v) is 24.2. The van der Waals surface area contributed by atoms with Gasteiger partial charge < -0.3 is 9.80 Å². The fourth-order valence-corrected chi connectivity index (χ4v) is 18.1. The van der Waals surface area contributed by atoms with Crippen molar-refractivity contribution < 1.29 is 0 Å². The number of aromatic nitrogens is 1. The maximum atomic E-state index is 4.90. The average Bonchev–Trinajstić information content (AvgIpc) is 3.55. The van der Waals surface area contributed by atoms with Gasteiger partial charge in [0.15, 0.2) is 0 Å². The lowest BCUT2D eigenvalue weighted by Gasteiger charge is -2.72. The minimum absolute atomic E-state index is 0.0903. The lowest BCUT2D eigenvalue weighted by atomic mass is 9.31. The molecule has 0 N–H and O–H groups in total. The number of rotatable bonds is 3. The number of para-hydroxylation sites is 1. The summed E-state index contributed by atoms with van der Waals surface area (Å²) in [5.74, 6) is 6.77. The summed E-state index contributed by atoms with van der Waals surface area (Å²) in [6.45, 7) is 20.0. The molecule has 16 rings (SSSR count). The smallest absolute Gasteiger partial charge is 0.252 e. The fourth-order valence-electron chi connectivity index (χ4n) is 18.1. The van der Waals surface area contributed by atoms with Crippen molar-refractivity contribution in [3.8, 4) is 0 Å². The van der Waals surface area contributed by atoms with E-state index in [1.54, 1.807) is 5.56 Å². The van der Waals surface area contributed by atoms with Gasteiger partial charge in [-0.3, -0.25) is 4.98 Å². The zero-order valence-corrected chi connectivity index (χ0v) is 37.8. The summed E-state index contributed by atoms with van der Waals surface area (Å²) >= 11 is 0. The van der Waals surface area contributed by atoms with Crippen molar-refractivity contribution in [2.24, 2.45) is 41.4 Å². The van der Waals surface area contributed by atoms with E-state index in [2.05, 4.69) is 156 Å². The Morgan fingerprint density at radius 2 is 1.07 bits per heavy atom. The number of nitrogens with zero attached hydrogens (tertiary/aromatic N) is 3. The average molecular weight is 800 g/mol. The Hall–Kier alpha value is -4.31. The van der Waals surface area contributed by atoms with Crippen LogP contribution in [-0.4, -0.2) is 11.7 Å². The zero-order valence-electron chi connectivity index (χ0n) is 37.8. The summed E-state index contributed by atoms with van der Waals surface area (Å²) in [7, 11) is 0. The summed E-state index contributed by atoms with van der Waals surface area (Å²) in [5.41, 5.74) is 20.7. The van der Waals surface area contributed by atoms with Crippen LogP contribution in [0, 0.1) is 41.4 Å². The third-order valence-corrected chi connectivity index (χ3v) is 19.6. The van der Waals surface area contributed by atoms with Gasteiger partial charge in [-0.1, -0.05) is 85.7 Å². The van der Waals surface area contributed by atoms with Crippen LogP contribution < -0.4 is 26.2 Å². The van der Waals surface area contributed by atoms with Gasteiger partial charge in [-0.15, -0.1) is 0 Å². The first-order valence-electron chi connectivity index (χ1n) is 24.2. The molecule has 7 fully saturated rings.